The second-order valence-electron chi connectivity index (χ2n) is 0.521. The average molecular weight is 295 g/mol. The average Bonchev–Trinajstić information content (AvgIpc) is 1.36. The van der Waals surface area contributed by atoms with Crippen molar-refractivity contribution in [2.45, 2.75) is 0 Å². The fraction of sp³-hybridized carbons (Fsp3) is 0. The maximum atomic E-state index is 10.3. The summed E-state index contributed by atoms with van der Waals surface area (Å²) in [6, 6.07) is 0. The number of rotatable bonds is 0. The molecule has 0 saturated heterocycles. The Kier molecular flexibility index (Phi) is 6.28. The molecule has 0 radical (unpaired) electrons. The van der Waals surface area contributed by atoms with Crippen LogP contribution in [0.2, 0.25) is 0 Å². The van der Waals surface area contributed by atoms with Gasteiger partial charge >= 0.3 is 12.2 Å². The third-order valence-electron chi connectivity index (χ3n) is 0.143. The molecule has 0 unspecified atom stereocenters. The van der Waals surface area contributed by atoms with Crippen molar-refractivity contribution in [3.8, 4) is 0 Å². The van der Waals surface area contributed by atoms with E-state index in [9.17, 15) is 17.6 Å². The molecule has 0 heterocycles. The Hall–Kier alpha value is 0.148. The zero-order valence-electron chi connectivity index (χ0n) is 2.83. The van der Waals surface area contributed by atoms with Crippen LogP contribution in [0.5, 0.6) is 0 Å². The molecule has 5 heteroatoms. The number of halogens is 4. The largest absolute Gasteiger partial charge is 0.334 e. The van der Waals surface area contributed by atoms with Crippen molar-refractivity contribution in [3.63, 3.8) is 0 Å². The van der Waals surface area contributed by atoms with Crippen LogP contribution in [0, 0.1) is 0 Å². The van der Waals surface area contributed by atoms with Gasteiger partial charge in [-0.2, -0.15) is 17.6 Å². The number of hydrogen-bond donors (Lipinski definition) is 0. The fourth-order valence-corrected chi connectivity index (χ4v) is 0. The van der Waals surface area contributed by atoms with Crippen LogP contribution in [0.25, 0.3) is 0 Å². The molecule has 0 aliphatic heterocycles. The molecule has 0 saturated carbocycles. The second-order valence-corrected chi connectivity index (χ2v) is 0.521. The predicted octanol–water partition coefficient (Wildman–Crippen LogP) is 1.99. The third kappa shape index (κ3) is 6.15. The molecule has 0 atom stereocenters. The first-order chi connectivity index (χ1) is 2.64. The van der Waals surface area contributed by atoms with Crippen LogP contribution >= 0.6 is 0 Å². The van der Waals surface area contributed by atoms with Crippen molar-refractivity contribution in [1.29, 1.82) is 0 Å². The van der Waals surface area contributed by atoms with Gasteiger partial charge in [-0.05, 0) is 0 Å². The first-order valence-corrected chi connectivity index (χ1v) is 1.01. The maximum absolute atomic E-state index is 10.3. The van der Waals surface area contributed by atoms with E-state index in [0.717, 1.165) is 0 Å². The van der Waals surface area contributed by atoms with Gasteiger partial charge in [0.25, 0.3) is 0 Å². The number of hydrogen-bond acceptors (Lipinski definition) is 0. The summed E-state index contributed by atoms with van der Waals surface area (Å²) in [5, 5.41) is 0. The van der Waals surface area contributed by atoms with E-state index >= 15 is 0 Å². The topological polar surface area (TPSA) is 0 Å². The van der Waals surface area contributed by atoms with Crippen molar-refractivity contribution in [1.82, 2.24) is 0 Å². The quantitative estimate of drug-likeness (QED) is 0.600. The molecule has 0 aliphatic carbocycles. The molecule has 0 amide bonds. The van der Waals surface area contributed by atoms with Gasteiger partial charge in [0, 0.05) is 21.1 Å². The molecule has 46 valence electrons. The maximum Gasteiger partial charge on any atom is 0.334 e. The van der Waals surface area contributed by atoms with E-state index in [1.54, 1.807) is 0 Å². The summed E-state index contributed by atoms with van der Waals surface area (Å²) in [5.41, 5.74) is 0. The van der Waals surface area contributed by atoms with Gasteiger partial charge in [-0.25, -0.2) is 0 Å². The van der Waals surface area contributed by atoms with Gasteiger partial charge in [0.2, 0.25) is 0 Å². The Morgan fingerprint density at radius 1 is 0.714 bits per heavy atom. The standard InChI is InChI=1S/C2F4.Pt/c3-1(4)2(5)6;. The smallest absolute Gasteiger partial charge is 0.167 e. The summed E-state index contributed by atoms with van der Waals surface area (Å²) >= 11 is 0. The SMILES string of the molecule is FC(F)=C(F)F.[Pt]. The van der Waals surface area contributed by atoms with Crippen molar-refractivity contribution in [2.24, 2.45) is 0 Å². The minimum Gasteiger partial charge on any atom is -0.167 e. The van der Waals surface area contributed by atoms with Crippen LogP contribution in [0.1, 0.15) is 0 Å². The Bertz CT molecular complexity index is 59.8. The molecule has 0 rings (SSSR count). The summed E-state index contributed by atoms with van der Waals surface area (Å²) in [6.45, 7) is 0. The molecular formula is C2F4Pt. The van der Waals surface area contributed by atoms with Crippen LogP contribution in [0.3, 0.4) is 0 Å². The molecule has 0 N–H and O–H groups in total. The van der Waals surface area contributed by atoms with E-state index in [4.69, 9.17) is 0 Å². The molecule has 0 aromatic heterocycles. The van der Waals surface area contributed by atoms with E-state index in [0.29, 0.717) is 0 Å². The summed E-state index contributed by atoms with van der Waals surface area (Å²) in [6.07, 6.45) is -5.81. The summed E-state index contributed by atoms with van der Waals surface area (Å²) in [7, 11) is 0. The molecular weight excluding hydrogens is 295 g/mol. The van der Waals surface area contributed by atoms with Gasteiger partial charge in [0.1, 0.15) is 0 Å². The Morgan fingerprint density at radius 2 is 0.857 bits per heavy atom. The van der Waals surface area contributed by atoms with E-state index < -0.39 is 12.2 Å². The summed E-state index contributed by atoms with van der Waals surface area (Å²) in [5.74, 6) is 0. The minimum atomic E-state index is -2.91. The van der Waals surface area contributed by atoms with Crippen LogP contribution in [0.4, 0.5) is 17.6 Å². The van der Waals surface area contributed by atoms with Gasteiger partial charge in [0.15, 0.2) is 0 Å². The normalized spacial score (nSPS) is 6.86. The van der Waals surface area contributed by atoms with E-state index in [2.05, 4.69) is 0 Å². The van der Waals surface area contributed by atoms with E-state index in [1.165, 1.54) is 0 Å². The first-order valence-electron chi connectivity index (χ1n) is 1.01. The summed E-state index contributed by atoms with van der Waals surface area (Å²) < 4.78 is 41.1. The van der Waals surface area contributed by atoms with Crippen molar-refractivity contribution >= 4 is 0 Å². The second kappa shape index (κ2) is 4.31. The minimum absolute atomic E-state index is 0. The molecule has 0 nitrogen and oxygen atoms in total. The third-order valence-corrected chi connectivity index (χ3v) is 0.143. The monoisotopic (exact) mass is 295 g/mol. The molecule has 0 bridgehead atoms. The first kappa shape index (κ1) is 10.2. The van der Waals surface area contributed by atoms with E-state index in [-0.39, 0.29) is 21.1 Å². The van der Waals surface area contributed by atoms with Gasteiger partial charge in [-0.3, -0.25) is 0 Å². The molecule has 0 aromatic rings. The van der Waals surface area contributed by atoms with Crippen molar-refractivity contribution in [3.05, 3.63) is 12.2 Å². The van der Waals surface area contributed by atoms with Gasteiger partial charge in [0.05, 0.1) is 0 Å². The molecule has 0 aromatic carbocycles. The summed E-state index contributed by atoms with van der Waals surface area (Å²) in [4.78, 5) is 0. The molecule has 0 spiro atoms. The zero-order valence-corrected chi connectivity index (χ0v) is 5.10. The molecule has 7 heavy (non-hydrogen) atoms. The fourth-order valence-electron chi connectivity index (χ4n) is 0. The van der Waals surface area contributed by atoms with Gasteiger partial charge < -0.3 is 0 Å². The van der Waals surface area contributed by atoms with Crippen LogP contribution < -0.4 is 0 Å². The Balaban J connectivity index is 0. The zero-order chi connectivity index (χ0) is 5.15. The van der Waals surface area contributed by atoms with Gasteiger partial charge in [-0.15, -0.1) is 0 Å². The van der Waals surface area contributed by atoms with Crippen LogP contribution in [0.15, 0.2) is 12.2 Å². The van der Waals surface area contributed by atoms with Gasteiger partial charge in [-0.1, -0.05) is 0 Å². The predicted molar refractivity (Wildman–Crippen MR) is 11.5 cm³/mol. The van der Waals surface area contributed by atoms with Crippen LogP contribution in [-0.2, 0) is 21.1 Å². The molecule has 0 aliphatic rings. The van der Waals surface area contributed by atoms with E-state index in [1.807, 2.05) is 0 Å². The molecule has 0 fully saturated rings. The Labute approximate surface area is 51.5 Å². The van der Waals surface area contributed by atoms with Crippen molar-refractivity contribution < 1.29 is 38.6 Å². The Morgan fingerprint density at radius 3 is 0.857 bits per heavy atom. The van der Waals surface area contributed by atoms with Crippen molar-refractivity contribution in [2.75, 3.05) is 0 Å². The van der Waals surface area contributed by atoms with Crippen LogP contribution in [-0.4, -0.2) is 0 Å².